The van der Waals surface area contributed by atoms with E-state index >= 15 is 0 Å². The second-order valence-electron chi connectivity index (χ2n) is 3.18. The number of carbonyl (C=O) groups is 1. The fraction of sp³-hybridized carbons (Fsp3) is 0.556. The maximum atomic E-state index is 10.5. The molecule has 0 aliphatic rings. The van der Waals surface area contributed by atoms with Crippen LogP contribution in [-0.4, -0.2) is 28.8 Å². The fourth-order valence-electron chi connectivity index (χ4n) is 1.12. The van der Waals surface area contributed by atoms with Gasteiger partial charge in [-0.1, -0.05) is 0 Å². The van der Waals surface area contributed by atoms with Crippen LogP contribution in [0.25, 0.3) is 0 Å². The van der Waals surface area contributed by atoms with E-state index in [1.54, 1.807) is 4.68 Å². The number of nitrogens with one attached hydrogen (secondary N) is 2. The first-order valence-corrected chi connectivity index (χ1v) is 4.61. The topological polar surface area (TPSA) is 59.0 Å². The third-order valence-electron chi connectivity index (χ3n) is 1.76. The molecule has 1 aromatic rings. The molecule has 78 valence electrons. The number of amides is 1. The van der Waals surface area contributed by atoms with E-state index in [0.717, 1.165) is 18.7 Å². The zero-order valence-electron chi connectivity index (χ0n) is 8.58. The molecule has 0 radical (unpaired) electrons. The van der Waals surface area contributed by atoms with Gasteiger partial charge in [-0.05, 0) is 0 Å². The Balaban J connectivity index is 2.07. The number of carbonyl (C=O) groups excluding carboxylic acids is 1. The van der Waals surface area contributed by atoms with E-state index in [9.17, 15) is 4.79 Å². The van der Waals surface area contributed by atoms with Crippen molar-refractivity contribution in [3.8, 4) is 0 Å². The summed E-state index contributed by atoms with van der Waals surface area (Å²) in [5.41, 5.74) is 1.15. The lowest BCUT2D eigenvalue weighted by Crippen LogP contribution is -2.29. The Hall–Kier alpha value is -1.36. The van der Waals surface area contributed by atoms with Gasteiger partial charge in [-0.2, -0.15) is 5.10 Å². The molecule has 5 nitrogen and oxygen atoms in total. The van der Waals surface area contributed by atoms with Crippen LogP contribution < -0.4 is 10.6 Å². The van der Waals surface area contributed by atoms with Crippen molar-refractivity contribution < 1.29 is 4.79 Å². The van der Waals surface area contributed by atoms with Crippen LogP contribution in [0, 0.1) is 0 Å². The third kappa shape index (κ3) is 4.04. The predicted molar refractivity (Wildman–Crippen MR) is 53.6 cm³/mol. The number of nitrogens with zero attached hydrogens (tertiary/aromatic N) is 2. The molecule has 0 saturated heterocycles. The average molecular weight is 196 g/mol. The van der Waals surface area contributed by atoms with E-state index in [4.69, 9.17) is 0 Å². The Morgan fingerprint density at radius 1 is 1.57 bits per heavy atom. The molecular formula is C9H16N4O. The van der Waals surface area contributed by atoms with Gasteiger partial charge in [-0.3, -0.25) is 9.48 Å². The van der Waals surface area contributed by atoms with Crippen molar-refractivity contribution in [1.82, 2.24) is 20.4 Å². The van der Waals surface area contributed by atoms with Crippen molar-refractivity contribution in [3.05, 3.63) is 18.0 Å². The minimum absolute atomic E-state index is 0.00757. The van der Waals surface area contributed by atoms with Crippen molar-refractivity contribution in [3.63, 3.8) is 0 Å². The van der Waals surface area contributed by atoms with Crippen molar-refractivity contribution >= 4 is 5.91 Å². The molecule has 1 amide bonds. The van der Waals surface area contributed by atoms with Crippen LogP contribution in [0.15, 0.2) is 12.4 Å². The third-order valence-corrected chi connectivity index (χ3v) is 1.76. The molecule has 0 fully saturated rings. The zero-order chi connectivity index (χ0) is 10.4. The van der Waals surface area contributed by atoms with Gasteiger partial charge in [-0.25, -0.2) is 0 Å². The summed E-state index contributed by atoms with van der Waals surface area (Å²) in [7, 11) is 1.89. The molecule has 0 bridgehead atoms. The first kappa shape index (κ1) is 10.7. The summed E-state index contributed by atoms with van der Waals surface area (Å²) in [6.07, 6.45) is 3.79. The highest BCUT2D eigenvalue weighted by Gasteiger charge is 1.95. The van der Waals surface area contributed by atoms with Crippen LogP contribution >= 0.6 is 0 Å². The minimum Gasteiger partial charge on any atom is -0.355 e. The van der Waals surface area contributed by atoms with Crippen LogP contribution in [0.1, 0.15) is 12.5 Å². The van der Waals surface area contributed by atoms with Crippen LogP contribution in [0.4, 0.5) is 0 Å². The van der Waals surface area contributed by atoms with Gasteiger partial charge in [0.05, 0.1) is 6.20 Å². The van der Waals surface area contributed by atoms with E-state index in [-0.39, 0.29) is 5.91 Å². The molecule has 0 spiro atoms. The molecular weight excluding hydrogens is 180 g/mol. The summed E-state index contributed by atoms with van der Waals surface area (Å²) < 4.78 is 1.77. The molecule has 0 atom stereocenters. The summed E-state index contributed by atoms with van der Waals surface area (Å²) in [5, 5.41) is 9.97. The second-order valence-corrected chi connectivity index (χ2v) is 3.18. The highest BCUT2D eigenvalue weighted by Crippen LogP contribution is 1.93. The Labute approximate surface area is 83.5 Å². The molecule has 0 unspecified atom stereocenters. The van der Waals surface area contributed by atoms with E-state index < -0.39 is 0 Å². The molecule has 14 heavy (non-hydrogen) atoms. The summed E-state index contributed by atoms with van der Waals surface area (Å²) in [6, 6.07) is 0. The predicted octanol–water partition coefficient (Wildman–Crippen LogP) is -0.354. The lowest BCUT2D eigenvalue weighted by Gasteiger charge is -2.03. The summed E-state index contributed by atoms with van der Waals surface area (Å²) in [4.78, 5) is 10.5. The van der Waals surface area contributed by atoms with Crippen molar-refractivity contribution in [1.29, 1.82) is 0 Å². The van der Waals surface area contributed by atoms with Crippen LogP contribution in [0.3, 0.4) is 0 Å². The smallest absolute Gasteiger partial charge is 0.216 e. The van der Waals surface area contributed by atoms with E-state index in [2.05, 4.69) is 15.7 Å². The van der Waals surface area contributed by atoms with Crippen molar-refractivity contribution in [2.24, 2.45) is 7.05 Å². The lowest BCUT2D eigenvalue weighted by atomic mass is 10.3. The van der Waals surface area contributed by atoms with Gasteiger partial charge < -0.3 is 10.6 Å². The fourth-order valence-corrected chi connectivity index (χ4v) is 1.12. The van der Waals surface area contributed by atoms with Gasteiger partial charge in [0.2, 0.25) is 5.91 Å². The van der Waals surface area contributed by atoms with E-state index in [1.807, 2.05) is 19.4 Å². The Bertz CT molecular complexity index is 295. The lowest BCUT2D eigenvalue weighted by molar-refractivity contribution is -0.118. The molecule has 0 aromatic carbocycles. The SMILES string of the molecule is CC(=O)NCCNCc1cnn(C)c1. The first-order valence-electron chi connectivity index (χ1n) is 4.61. The monoisotopic (exact) mass is 196 g/mol. The standard InChI is InChI=1S/C9H16N4O/c1-8(14)11-4-3-10-5-9-6-12-13(2)7-9/h6-7,10H,3-5H2,1-2H3,(H,11,14). The number of rotatable bonds is 5. The molecule has 1 aromatic heterocycles. The summed E-state index contributed by atoms with van der Waals surface area (Å²) >= 11 is 0. The van der Waals surface area contributed by atoms with Gasteiger partial charge in [-0.15, -0.1) is 0 Å². The maximum Gasteiger partial charge on any atom is 0.216 e. The number of hydrogen-bond acceptors (Lipinski definition) is 3. The van der Waals surface area contributed by atoms with Crippen molar-refractivity contribution in [2.45, 2.75) is 13.5 Å². The van der Waals surface area contributed by atoms with E-state index in [1.165, 1.54) is 6.92 Å². The molecule has 2 N–H and O–H groups in total. The molecule has 0 saturated carbocycles. The van der Waals surface area contributed by atoms with E-state index in [0.29, 0.717) is 6.54 Å². The highest BCUT2D eigenvalue weighted by molar-refractivity contribution is 5.72. The number of aryl methyl sites for hydroxylation is 1. The van der Waals surface area contributed by atoms with Crippen LogP contribution in [-0.2, 0) is 18.4 Å². The van der Waals surface area contributed by atoms with Gasteiger partial charge >= 0.3 is 0 Å². The minimum atomic E-state index is 0.00757. The molecule has 1 heterocycles. The molecule has 0 aliphatic carbocycles. The second kappa shape index (κ2) is 5.39. The van der Waals surface area contributed by atoms with Gasteiger partial charge in [0.1, 0.15) is 0 Å². The molecule has 5 heteroatoms. The Kier molecular flexibility index (Phi) is 4.12. The average Bonchev–Trinajstić information content (AvgIpc) is 2.50. The Morgan fingerprint density at radius 2 is 2.36 bits per heavy atom. The van der Waals surface area contributed by atoms with Gasteiger partial charge in [0.25, 0.3) is 0 Å². The quantitative estimate of drug-likeness (QED) is 0.633. The Morgan fingerprint density at radius 3 is 2.93 bits per heavy atom. The molecule has 1 rings (SSSR count). The van der Waals surface area contributed by atoms with Gasteiger partial charge in [0.15, 0.2) is 0 Å². The number of aromatic nitrogens is 2. The van der Waals surface area contributed by atoms with Crippen LogP contribution in [0.5, 0.6) is 0 Å². The van der Waals surface area contributed by atoms with Crippen molar-refractivity contribution in [2.75, 3.05) is 13.1 Å². The molecule has 0 aliphatic heterocycles. The summed E-state index contributed by atoms with van der Waals surface area (Å²) in [5.74, 6) is 0.00757. The largest absolute Gasteiger partial charge is 0.355 e. The van der Waals surface area contributed by atoms with Gasteiger partial charge in [0, 0.05) is 45.4 Å². The highest BCUT2D eigenvalue weighted by atomic mass is 16.1. The summed E-state index contributed by atoms with van der Waals surface area (Å²) in [6.45, 7) is 3.73. The number of hydrogen-bond donors (Lipinski definition) is 2. The normalized spacial score (nSPS) is 10.1. The zero-order valence-corrected chi connectivity index (χ0v) is 8.58. The maximum absolute atomic E-state index is 10.5. The first-order chi connectivity index (χ1) is 6.68. The van der Waals surface area contributed by atoms with Crippen LogP contribution in [0.2, 0.25) is 0 Å².